The second-order valence-corrected chi connectivity index (χ2v) is 6.08. The third-order valence-electron chi connectivity index (χ3n) is 3.99. The zero-order chi connectivity index (χ0) is 18.9. The Morgan fingerprint density at radius 3 is 2.67 bits per heavy atom. The predicted octanol–water partition coefficient (Wildman–Crippen LogP) is 4.12. The number of hydrogen-bond acceptors (Lipinski definition) is 4. The zero-order valence-electron chi connectivity index (χ0n) is 15.3. The average molecular weight is 361 g/mol. The molecule has 0 saturated carbocycles. The molecule has 3 aromatic rings. The standard InChI is InChI=1S/C22H23N3O2/c1-2-27-22(26)13-10-18-8-11-20(12-9-18)23-16-25-15-21(24-17-25)14-19-6-4-3-5-7-19/h3-13,15,17,23H,2,14,16H2,1H3/b13-10+. The van der Waals surface area contributed by atoms with E-state index in [0.717, 1.165) is 23.4 Å². The Balaban J connectivity index is 1.51. The molecule has 3 rings (SSSR count). The molecule has 138 valence electrons. The van der Waals surface area contributed by atoms with Gasteiger partial charge in [-0.1, -0.05) is 42.5 Å². The summed E-state index contributed by atoms with van der Waals surface area (Å²) >= 11 is 0. The fourth-order valence-corrected chi connectivity index (χ4v) is 2.64. The average Bonchev–Trinajstić information content (AvgIpc) is 3.14. The zero-order valence-corrected chi connectivity index (χ0v) is 15.3. The van der Waals surface area contributed by atoms with Crippen LogP contribution < -0.4 is 5.32 Å². The lowest BCUT2D eigenvalue weighted by atomic mass is 10.1. The van der Waals surface area contributed by atoms with Gasteiger partial charge in [0.2, 0.25) is 0 Å². The summed E-state index contributed by atoms with van der Waals surface area (Å²) < 4.78 is 6.89. The van der Waals surface area contributed by atoms with E-state index in [4.69, 9.17) is 4.74 Å². The van der Waals surface area contributed by atoms with E-state index >= 15 is 0 Å². The summed E-state index contributed by atoms with van der Waals surface area (Å²) in [6.07, 6.45) is 7.90. The van der Waals surface area contributed by atoms with Crippen LogP contribution in [-0.4, -0.2) is 22.1 Å². The molecule has 0 aliphatic rings. The fourth-order valence-electron chi connectivity index (χ4n) is 2.64. The van der Waals surface area contributed by atoms with Crippen molar-refractivity contribution >= 4 is 17.7 Å². The first-order valence-electron chi connectivity index (χ1n) is 8.96. The van der Waals surface area contributed by atoms with Gasteiger partial charge in [0, 0.05) is 24.4 Å². The van der Waals surface area contributed by atoms with Crippen LogP contribution in [0.25, 0.3) is 6.08 Å². The number of hydrogen-bond donors (Lipinski definition) is 1. The molecule has 0 atom stereocenters. The molecule has 1 N–H and O–H groups in total. The van der Waals surface area contributed by atoms with Crippen molar-refractivity contribution in [3.8, 4) is 0 Å². The Hall–Kier alpha value is -3.34. The van der Waals surface area contributed by atoms with Gasteiger partial charge >= 0.3 is 5.97 Å². The maximum absolute atomic E-state index is 11.3. The van der Waals surface area contributed by atoms with Gasteiger partial charge in [0.15, 0.2) is 0 Å². The SMILES string of the molecule is CCOC(=O)/C=C/c1ccc(NCn2cnc(Cc3ccccc3)c2)cc1. The van der Waals surface area contributed by atoms with Crippen molar-refractivity contribution in [3.63, 3.8) is 0 Å². The molecule has 2 aromatic carbocycles. The lowest BCUT2D eigenvalue weighted by Crippen LogP contribution is -2.05. The largest absolute Gasteiger partial charge is 0.463 e. The van der Waals surface area contributed by atoms with Crippen LogP contribution in [-0.2, 0) is 22.6 Å². The molecule has 27 heavy (non-hydrogen) atoms. The second kappa shape index (κ2) is 9.38. The quantitative estimate of drug-likeness (QED) is 0.484. The van der Waals surface area contributed by atoms with Crippen LogP contribution in [0.2, 0.25) is 0 Å². The van der Waals surface area contributed by atoms with Crippen molar-refractivity contribution in [2.24, 2.45) is 0 Å². The van der Waals surface area contributed by atoms with Crippen molar-refractivity contribution < 1.29 is 9.53 Å². The molecule has 0 unspecified atom stereocenters. The molecule has 0 fully saturated rings. The van der Waals surface area contributed by atoms with Gasteiger partial charge in [-0.25, -0.2) is 9.78 Å². The summed E-state index contributed by atoms with van der Waals surface area (Å²) in [5, 5.41) is 3.36. The Kier molecular flexibility index (Phi) is 6.41. The Labute approximate surface area is 159 Å². The van der Waals surface area contributed by atoms with E-state index in [2.05, 4.69) is 28.6 Å². The number of ether oxygens (including phenoxy) is 1. The van der Waals surface area contributed by atoms with Crippen LogP contribution in [0.15, 0.2) is 73.2 Å². The topological polar surface area (TPSA) is 56.1 Å². The first-order chi connectivity index (χ1) is 13.2. The van der Waals surface area contributed by atoms with E-state index in [0.29, 0.717) is 13.3 Å². The van der Waals surface area contributed by atoms with Crippen molar-refractivity contribution in [3.05, 3.63) is 90.0 Å². The van der Waals surface area contributed by atoms with E-state index in [1.165, 1.54) is 11.6 Å². The van der Waals surface area contributed by atoms with E-state index in [1.807, 2.05) is 53.4 Å². The van der Waals surface area contributed by atoms with Gasteiger partial charge in [-0.2, -0.15) is 0 Å². The number of rotatable bonds is 8. The Morgan fingerprint density at radius 2 is 1.93 bits per heavy atom. The normalized spacial score (nSPS) is 10.9. The molecule has 0 bridgehead atoms. The van der Waals surface area contributed by atoms with E-state index in [1.54, 1.807) is 13.0 Å². The molecular formula is C22H23N3O2. The van der Waals surface area contributed by atoms with Gasteiger partial charge < -0.3 is 14.6 Å². The highest BCUT2D eigenvalue weighted by Gasteiger charge is 2.01. The highest BCUT2D eigenvalue weighted by atomic mass is 16.5. The van der Waals surface area contributed by atoms with Crippen molar-refractivity contribution in [1.82, 2.24) is 9.55 Å². The van der Waals surface area contributed by atoms with Crippen LogP contribution in [0.5, 0.6) is 0 Å². The molecule has 0 amide bonds. The van der Waals surface area contributed by atoms with Crippen molar-refractivity contribution in [1.29, 1.82) is 0 Å². The monoisotopic (exact) mass is 361 g/mol. The summed E-state index contributed by atoms with van der Waals surface area (Å²) in [6.45, 7) is 2.81. The molecule has 0 aliphatic carbocycles. The highest BCUT2D eigenvalue weighted by molar-refractivity contribution is 5.87. The van der Waals surface area contributed by atoms with Gasteiger partial charge in [-0.3, -0.25) is 0 Å². The number of nitrogens with zero attached hydrogens (tertiary/aromatic N) is 2. The Morgan fingerprint density at radius 1 is 1.15 bits per heavy atom. The third-order valence-corrected chi connectivity index (χ3v) is 3.99. The van der Waals surface area contributed by atoms with Crippen molar-refractivity contribution in [2.75, 3.05) is 11.9 Å². The van der Waals surface area contributed by atoms with Crippen LogP contribution in [0.4, 0.5) is 5.69 Å². The fraction of sp³-hybridized carbons (Fsp3) is 0.182. The smallest absolute Gasteiger partial charge is 0.330 e. The van der Waals surface area contributed by atoms with Crippen LogP contribution >= 0.6 is 0 Å². The van der Waals surface area contributed by atoms with Gasteiger partial charge in [0.25, 0.3) is 0 Å². The molecule has 0 saturated heterocycles. The summed E-state index contributed by atoms with van der Waals surface area (Å²) in [6, 6.07) is 18.2. The second-order valence-electron chi connectivity index (χ2n) is 6.08. The summed E-state index contributed by atoms with van der Waals surface area (Å²) in [7, 11) is 0. The summed E-state index contributed by atoms with van der Waals surface area (Å²) in [5.74, 6) is -0.328. The number of imidazole rings is 1. The van der Waals surface area contributed by atoms with Crippen LogP contribution in [0, 0.1) is 0 Å². The number of aromatic nitrogens is 2. The molecule has 5 heteroatoms. The molecule has 0 aliphatic heterocycles. The number of carbonyl (C=O) groups excluding carboxylic acids is 1. The molecule has 1 heterocycles. The number of nitrogens with one attached hydrogen (secondary N) is 1. The summed E-state index contributed by atoms with van der Waals surface area (Å²) in [4.78, 5) is 15.8. The van der Waals surface area contributed by atoms with Gasteiger partial charge in [0.1, 0.15) is 0 Å². The number of esters is 1. The number of anilines is 1. The molecule has 0 spiro atoms. The number of carbonyl (C=O) groups is 1. The predicted molar refractivity (Wildman–Crippen MR) is 107 cm³/mol. The van der Waals surface area contributed by atoms with Crippen LogP contribution in [0.3, 0.4) is 0 Å². The molecule has 0 radical (unpaired) electrons. The third kappa shape index (κ3) is 5.85. The van der Waals surface area contributed by atoms with E-state index < -0.39 is 0 Å². The maximum atomic E-state index is 11.3. The molecule has 1 aromatic heterocycles. The minimum absolute atomic E-state index is 0.328. The minimum atomic E-state index is -0.328. The molecular weight excluding hydrogens is 338 g/mol. The number of benzene rings is 2. The van der Waals surface area contributed by atoms with E-state index in [-0.39, 0.29) is 5.97 Å². The minimum Gasteiger partial charge on any atom is -0.463 e. The first kappa shape index (κ1) is 18.5. The van der Waals surface area contributed by atoms with Crippen molar-refractivity contribution in [2.45, 2.75) is 20.0 Å². The Bertz CT molecular complexity index is 883. The first-order valence-corrected chi connectivity index (χ1v) is 8.96. The lowest BCUT2D eigenvalue weighted by molar-refractivity contribution is -0.137. The van der Waals surface area contributed by atoms with E-state index in [9.17, 15) is 4.79 Å². The summed E-state index contributed by atoms with van der Waals surface area (Å²) in [5.41, 5.74) is 4.24. The highest BCUT2D eigenvalue weighted by Crippen LogP contribution is 2.12. The maximum Gasteiger partial charge on any atom is 0.330 e. The van der Waals surface area contributed by atoms with Gasteiger partial charge in [-0.15, -0.1) is 0 Å². The van der Waals surface area contributed by atoms with Gasteiger partial charge in [0.05, 0.1) is 25.3 Å². The lowest BCUT2D eigenvalue weighted by Gasteiger charge is -2.07. The van der Waals surface area contributed by atoms with Gasteiger partial charge in [-0.05, 0) is 36.3 Å². The molecule has 5 nitrogen and oxygen atoms in total. The van der Waals surface area contributed by atoms with Crippen LogP contribution in [0.1, 0.15) is 23.7 Å².